The van der Waals surface area contributed by atoms with Crippen molar-refractivity contribution in [2.45, 2.75) is 45.4 Å². The molecular weight excluding hydrogens is 216 g/mol. The van der Waals surface area contributed by atoms with Crippen LogP contribution < -0.4 is 0 Å². The molecule has 0 atom stereocenters. The van der Waals surface area contributed by atoms with Gasteiger partial charge in [0.05, 0.1) is 0 Å². The maximum Gasteiger partial charge on any atom is -0.00610 e. The van der Waals surface area contributed by atoms with Crippen LogP contribution in [0.1, 0.15) is 50.2 Å². The zero-order valence-corrected chi connectivity index (χ0v) is 11.5. The lowest BCUT2D eigenvalue weighted by molar-refractivity contribution is 0.399. The molecule has 0 spiro atoms. The Labute approximate surface area is 111 Å². The van der Waals surface area contributed by atoms with Crippen LogP contribution in [0.2, 0.25) is 0 Å². The van der Waals surface area contributed by atoms with Crippen LogP contribution in [0.3, 0.4) is 0 Å². The summed E-state index contributed by atoms with van der Waals surface area (Å²) in [6.07, 6.45) is 7.87. The fraction of sp³-hybridized carbons (Fsp3) is 0.444. The van der Waals surface area contributed by atoms with Gasteiger partial charge < -0.3 is 0 Å². The minimum atomic E-state index is 0.747. The van der Waals surface area contributed by atoms with Crippen LogP contribution in [0.4, 0.5) is 0 Å². The van der Waals surface area contributed by atoms with Gasteiger partial charge in [-0.1, -0.05) is 67.8 Å². The van der Waals surface area contributed by atoms with Crippen molar-refractivity contribution in [2.24, 2.45) is 5.92 Å². The van der Waals surface area contributed by atoms with Gasteiger partial charge in [0, 0.05) is 0 Å². The van der Waals surface area contributed by atoms with Crippen molar-refractivity contribution in [1.82, 2.24) is 0 Å². The molecule has 0 amide bonds. The molecule has 0 aliphatic heterocycles. The Morgan fingerprint density at radius 1 is 1.11 bits per heavy atom. The lowest BCUT2D eigenvalue weighted by atomic mass is 9.81. The average molecular weight is 240 g/mol. The van der Waals surface area contributed by atoms with Gasteiger partial charge in [-0.25, -0.2) is 0 Å². The van der Waals surface area contributed by atoms with E-state index in [4.69, 9.17) is 0 Å². The molecule has 0 heteroatoms. The van der Waals surface area contributed by atoms with E-state index in [0.29, 0.717) is 0 Å². The Balaban J connectivity index is 2.08. The molecule has 1 aromatic carbocycles. The van der Waals surface area contributed by atoms with E-state index in [2.05, 4.69) is 44.3 Å². The van der Waals surface area contributed by atoms with Gasteiger partial charge >= 0.3 is 0 Å². The molecule has 0 saturated heterocycles. The lowest BCUT2D eigenvalue weighted by Crippen LogP contribution is -2.10. The van der Waals surface area contributed by atoms with Crippen LogP contribution in [0.25, 0.3) is 5.57 Å². The molecule has 0 N–H and O–H groups in total. The van der Waals surface area contributed by atoms with E-state index in [1.807, 2.05) is 0 Å². The van der Waals surface area contributed by atoms with Gasteiger partial charge in [-0.05, 0) is 43.2 Å². The minimum absolute atomic E-state index is 0.747. The van der Waals surface area contributed by atoms with Crippen molar-refractivity contribution >= 4 is 5.57 Å². The third-order valence-electron chi connectivity index (χ3n) is 4.08. The Kier molecular flexibility index (Phi) is 4.41. The Hall–Kier alpha value is -1.30. The summed E-state index contributed by atoms with van der Waals surface area (Å²) < 4.78 is 0. The summed E-state index contributed by atoms with van der Waals surface area (Å²) in [5, 5.41) is 0. The first-order valence-electron chi connectivity index (χ1n) is 7.10. The molecule has 18 heavy (non-hydrogen) atoms. The van der Waals surface area contributed by atoms with Crippen molar-refractivity contribution in [1.29, 1.82) is 0 Å². The second-order valence-electron chi connectivity index (χ2n) is 5.61. The first kappa shape index (κ1) is 13.1. The van der Waals surface area contributed by atoms with Crippen LogP contribution in [0, 0.1) is 5.92 Å². The second kappa shape index (κ2) is 6.04. The summed E-state index contributed by atoms with van der Waals surface area (Å²) in [6, 6.07) is 8.61. The smallest absolute Gasteiger partial charge is 0.00610 e. The molecule has 1 aliphatic rings. The summed E-state index contributed by atoms with van der Waals surface area (Å²) in [4.78, 5) is 0. The second-order valence-corrected chi connectivity index (χ2v) is 5.61. The molecule has 96 valence electrons. The fourth-order valence-electron chi connectivity index (χ4n) is 2.99. The average Bonchev–Trinajstić information content (AvgIpc) is 2.40. The van der Waals surface area contributed by atoms with E-state index in [1.54, 1.807) is 0 Å². The van der Waals surface area contributed by atoms with E-state index in [0.717, 1.165) is 17.9 Å². The molecule has 0 unspecified atom stereocenters. The molecule has 1 aromatic rings. The summed E-state index contributed by atoms with van der Waals surface area (Å²) in [7, 11) is 0. The topological polar surface area (TPSA) is 0 Å². The number of allylic oxidation sites excluding steroid dienone is 2. The summed E-state index contributed by atoms with van der Waals surface area (Å²) in [6.45, 7) is 10.5. The standard InChI is InChI=1S/C18H24/c1-14(2)18-12-8-7-11-17(18)13-15(3)16-9-5-4-6-10-16/h7-8,11-12,16H,1,3-6,9-10,13H2,2H3. The molecule has 2 rings (SSSR count). The van der Waals surface area contributed by atoms with Crippen molar-refractivity contribution < 1.29 is 0 Å². The monoisotopic (exact) mass is 240 g/mol. The predicted octanol–water partition coefficient (Wildman–Crippen LogP) is 5.40. The molecule has 0 bridgehead atoms. The van der Waals surface area contributed by atoms with Gasteiger partial charge in [0.15, 0.2) is 0 Å². The van der Waals surface area contributed by atoms with Gasteiger partial charge in [0.2, 0.25) is 0 Å². The largest absolute Gasteiger partial charge is 0.0992 e. The Morgan fingerprint density at radius 2 is 1.78 bits per heavy atom. The normalized spacial score (nSPS) is 16.5. The number of hydrogen-bond donors (Lipinski definition) is 0. The van der Waals surface area contributed by atoms with Crippen LogP contribution in [-0.4, -0.2) is 0 Å². The fourth-order valence-corrected chi connectivity index (χ4v) is 2.99. The van der Waals surface area contributed by atoms with Crippen molar-refractivity contribution in [3.8, 4) is 0 Å². The van der Waals surface area contributed by atoms with Gasteiger partial charge in [0.25, 0.3) is 0 Å². The molecular formula is C18H24. The quantitative estimate of drug-likeness (QED) is 0.618. The van der Waals surface area contributed by atoms with E-state index in [1.165, 1.54) is 48.8 Å². The van der Waals surface area contributed by atoms with Gasteiger partial charge in [-0.15, -0.1) is 0 Å². The van der Waals surface area contributed by atoms with E-state index >= 15 is 0 Å². The van der Waals surface area contributed by atoms with Crippen molar-refractivity contribution in [3.63, 3.8) is 0 Å². The predicted molar refractivity (Wildman–Crippen MR) is 80.6 cm³/mol. The van der Waals surface area contributed by atoms with Gasteiger partial charge in [0.1, 0.15) is 0 Å². The summed E-state index contributed by atoms with van der Waals surface area (Å²) >= 11 is 0. The maximum atomic E-state index is 4.34. The highest BCUT2D eigenvalue weighted by Crippen LogP contribution is 2.31. The third kappa shape index (κ3) is 3.13. The van der Waals surface area contributed by atoms with Crippen molar-refractivity contribution in [2.75, 3.05) is 0 Å². The summed E-state index contributed by atoms with van der Waals surface area (Å²) in [5.41, 5.74) is 5.26. The van der Waals surface area contributed by atoms with Crippen molar-refractivity contribution in [3.05, 3.63) is 54.1 Å². The van der Waals surface area contributed by atoms with E-state index < -0.39 is 0 Å². The van der Waals surface area contributed by atoms with Crippen LogP contribution in [0.5, 0.6) is 0 Å². The Morgan fingerprint density at radius 3 is 2.44 bits per heavy atom. The number of benzene rings is 1. The first-order valence-corrected chi connectivity index (χ1v) is 7.10. The van der Waals surface area contributed by atoms with Crippen LogP contribution in [-0.2, 0) is 6.42 Å². The van der Waals surface area contributed by atoms with Gasteiger partial charge in [-0.3, -0.25) is 0 Å². The molecule has 0 radical (unpaired) electrons. The number of hydrogen-bond acceptors (Lipinski definition) is 0. The highest BCUT2D eigenvalue weighted by atomic mass is 14.2. The molecule has 0 heterocycles. The first-order chi connectivity index (χ1) is 8.68. The third-order valence-corrected chi connectivity index (χ3v) is 4.08. The molecule has 1 saturated carbocycles. The molecule has 0 aromatic heterocycles. The lowest BCUT2D eigenvalue weighted by Gasteiger charge is -2.24. The zero-order valence-electron chi connectivity index (χ0n) is 11.5. The van der Waals surface area contributed by atoms with Crippen LogP contribution >= 0.6 is 0 Å². The zero-order chi connectivity index (χ0) is 13.0. The van der Waals surface area contributed by atoms with Crippen LogP contribution in [0.15, 0.2) is 43.0 Å². The molecule has 0 nitrogen and oxygen atoms in total. The Bertz CT molecular complexity index is 433. The highest BCUT2D eigenvalue weighted by Gasteiger charge is 2.17. The van der Waals surface area contributed by atoms with E-state index in [9.17, 15) is 0 Å². The highest BCUT2D eigenvalue weighted by molar-refractivity contribution is 5.64. The molecule has 1 aliphatic carbocycles. The summed E-state index contributed by atoms with van der Waals surface area (Å²) in [5.74, 6) is 0.747. The maximum absolute atomic E-state index is 4.34. The van der Waals surface area contributed by atoms with E-state index in [-0.39, 0.29) is 0 Å². The minimum Gasteiger partial charge on any atom is -0.0992 e. The SMILES string of the molecule is C=C(C)c1ccccc1CC(=C)C1CCCCC1. The van der Waals surface area contributed by atoms with Gasteiger partial charge in [-0.2, -0.15) is 0 Å². The molecule has 1 fully saturated rings. The number of rotatable bonds is 4.